The Labute approximate surface area is 157 Å². The summed E-state index contributed by atoms with van der Waals surface area (Å²) in [6.45, 7) is 3.80. The minimum Gasteiger partial charge on any atom is -0.454 e. The Balaban J connectivity index is 1.46. The van der Waals surface area contributed by atoms with Gasteiger partial charge in [0.15, 0.2) is 17.2 Å². The lowest BCUT2D eigenvalue weighted by Gasteiger charge is -2.19. The molecule has 1 aliphatic heterocycles. The lowest BCUT2D eigenvalue weighted by atomic mass is 10.2. The van der Waals surface area contributed by atoms with Gasteiger partial charge in [0.05, 0.1) is 12.7 Å². The highest BCUT2D eigenvalue weighted by Crippen LogP contribution is 2.32. The summed E-state index contributed by atoms with van der Waals surface area (Å²) in [6, 6.07) is 15.7. The second-order valence-electron chi connectivity index (χ2n) is 6.29. The van der Waals surface area contributed by atoms with Crippen LogP contribution >= 0.6 is 0 Å². The first-order valence-corrected chi connectivity index (χ1v) is 8.85. The highest BCUT2D eigenvalue weighted by Gasteiger charge is 2.20. The average Bonchev–Trinajstić information content (AvgIpc) is 3.35. The molecule has 0 atom stereocenters. The first-order valence-electron chi connectivity index (χ1n) is 8.85. The van der Waals surface area contributed by atoms with Crippen LogP contribution in [0.5, 0.6) is 11.5 Å². The van der Waals surface area contributed by atoms with E-state index in [0.717, 1.165) is 16.9 Å². The number of benzene rings is 2. The zero-order valence-electron chi connectivity index (χ0n) is 15.0. The van der Waals surface area contributed by atoms with Gasteiger partial charge in [0.1, 0.15) is 0 Å². The van der Waals surface area contributed by atoms with E-state index in [0.29, 0.717) is 31.1 Å². The fourth-order valence-corrected chi connectivity index (χ4v) is 2.99. The highest BCUT2D eigenvalue weighted by molar-refractivity contribution is 5.91. The molecule has 3 aromatic rings. The van der Waals surface area contributed by atoms with Crippen molar-refractivity contribution in [1.29, 1.82) is 0 Å². The minimum absolute atomic E-state index is 0.144. The number of hydrogen-bond acceptors (Lipinski definition) is 5. The molecule has 0 saturated heterocycles. The van der Waals surface area contributed by atoms with Crippen molar-refractivity contribution in [3.05, 3.63) is 71.5 Å². The van der Waals surface area contributed by atoms with Gasteiger partial charge in [-0.15, -0.1) is 5.10 Å². The molecule has 0 bridgehead atoms. The van der Waals surface area contributed by atoms with Crippen molar-refractivity contribution in [2.24, 2.45) is 0 Å². The fraction of sp³-hybridized carbons (Fsp3) is 0.250. The van der Waals surface area contributed by atoms with Crippen molar-refractivity contribution < 1.29 is 14.3 Å². The molecule has 0 radical (unpaired) electrons. The van der Waals surface area contributed by atoms with E-state index in [2.05, 4.69) is 10.3 Å². The lowest BCUT2D eigenvalue weighted by Crippen LogP contribution is -2.30. The molecule has 0 fully saturated rings. The Hall–Kier alpha value is -3.35. The Morgan fingerprint density at radius 1 is 1.11 bits per heavy atom. The molecule has 0 spiro atoms. The third-order valence-corrected chi connectivity index (χ3v) is 4.42. The van der Waals surface area contributed by atoms with Gasteiger partial charge >= 0.3 is 0 Å². The predicted octanol–water partition coefficient (Wildman–Crippen LogP) is 2.72. The monoisotopic (exact) mass is 364 g/mol. The lowest BCUT2D eigenvalue weighted by molar-refractivity contribution is 0.0746. The standard InChI is InChI=1S/C20H20N4O3/c1-2-23(11-16-8-9-18-19(10-16)27-14-26-18)20(25)17-13-24(22-21-17)12-15-6-4-3-5-7-15/h3-10,13H,2,11-12,14H2,1H3. The number of nitrogens with zero attached hydrogens (tertiary/aromatic N) is 4. The van der Waals surface area contributed by atoms with Gasteiger partial charge in [0.2, 0.25) is 6.79 Å². The van der Waals surface area contributed by atoms with Crippen LogP contribution in [0.1, 0.15) is 28.5 Å². The van der Waals surface area contributed by atoms with Crippen LogP contribution in [0.15, 0.2) is 54.7 Å². The largest absolute Gasteiger partial charge is 0.454 e. The van der Waals surface area contributed by atoms with Gasteiger partial charge < -0.3 is 14.4 Å². The fourth-order valence-electron chi connectivity index (χ4n) is 2.99. The van der Waals surface area contributed by atoms with Crippen molar-refractivity contribution in [3.8, 4) is 11.5 Å². The van der Waals surface area contributed by atoms with Crippen LogP contribution in [0.2, 0.25) is 0 Å². The number of carbonyl (C=O) groups excluding carboxylic acids is 1. The average molecular weight is 364 g/mol. The number of carbonyl (C=O) groups is 1. The van der Waals surface area contributed by atoms with Crippen LogP contribution in [-0.4, -0.2) is 39.1 Å². The van der Waals surface area contributed by atoms with Crippen LogP contribution in [0.4, 0.5) is 0 Å². The zero-order valence-corrected chi connectivity index (χ0v) is 15.0. The molecule has 1 aromatic heterocycles. The first kappa shape index (κ1) is 17.1. The van der Waals surface area contributed by atoms with E-state index in [1.807, 2.05) is 55.5 Å². The summed E-state index contributed by atoms with van der Waals surface area (Å²) >= 11 is 0. The van der Waals surface area contributed by atoms with Crippen LogP contribution in [0.25, 0.3) is 0 Å². The summed E-state index contributed by atoms with van der Waals surface area (Å²) in [4.78, 5) is 14.6. The second kappa shape index (κ2) is 7.49. The molecule has 7 nitrogen and oxygen atoms in total. The van der Waals surface area contributed by atoms with Crippen molar-refractivity contribution in [3.63, 3.8) is 0 Å². The van der Waals surface area contributed by atoms with Crippen LogP contribution < -0.4 is 9.47 Å². The molecular weight excluding hydrogens is 344 g/mol. The quantitative estimate of drug-likeness (QED) is 0.673. The summed E-state index contributed by atoms with van der Waals surface area (Å²) in [5, 5.41) is 8.14. The topological polar surface area (TPSA) is 69.5 Å². The van der Waals surface area contributed by atoms with Crippen molar-refractivity contribution in [2.45, 2.75) is 20.0 Å². The number of aromatic nitrogens is 3. The molecule has 2 aromatic carbocycles. The summed E-state index contributed by atoms with van der Waals surface area (Å²) in [6.07, 6.45) is 1.69. The van der Waals surface area contributed by atoms with Gasteiger partial charge in [-0.25, -0.2) is 4.68 Å². The minimum atomic E-state index is -0.144. The number of rotatable bonds is 6. The molecular formula is C20H20N4O3. The molecule has 1 amide bonds. The molecule has 27 heavy (non-hydrogen) atoms. The third kappa shape index (κ3) is 3.76. The Kier molecular flexibility index (Phi) is 4.74. The predicted molar refractivity (Wildman–Crippen MR) is 98.5 cm³/mol. The van der Waals surface area contributed by atoms with E-state index in [4.69, 9.17) is 9.47 Å². The summed E-state index contributed by atoms with van der Waals surface area (Å²) in [7, 11) is 0. The second-order valence-corrected chi connectivity index (χ2v) is 6.29. The van der Waals surface area contributed by atoms with Gasteiger partial charge in [0, 0.05) is 13.1 Å². The van der Waals surface area contributed by atoms with E-state index >= 15 is 0 Å². The van der Waals surface area contributed by atoms with E-state index in [9.17, 15) is 4.79 Å². The smallest absolute Gasteiger partial charge is 0.276 e. The van der Waals surface area contributed by atoms with Gasteiger partial charge in [-0.05, 0) is 30.2 Å². The van der Waals surface area contributed by atoms with Crippen LogP contribution in [-0.2, 0) is 13.1 Å². The number of ether oxygens (including phenoxy) is 2. The van der Waals surface area contributed by atoms with Crippen molar-refractivity contribution in [1.82, 2.24) is 19.9 Å². The number of fused-ring (bicyclic) bond motifs is 1. The first-order chi connectivity index (χ1) is 13.2. The summed E-state index contributed by atoms with van der Waals surface area (Å²) in [5.74, 6) is 1.30. The molecule has 0 saturated carbocycles. The third-order valence-electron chi connectivity index (χ3n) is 4.42. The van der Waals surface area contributed by atoms with Gasteiger partial charge in [-0.1, -0.05) is 41.6 Å². The van der Waals surface area contributed by atoms with Crippen LogP contribution in [0, 0.1) is 0 Å². The highest BCUT2D eigenvalue weighted by atomic mass is 16.7. The number of hydrogen-bond donors (Lipinski definition) is 0. The van der Waals surface area contributed by atoms with Gasteiger partial charge in [-0.2, -0.15) is 0 Å². The Morgan fingerprint density at radius 2 is 1.93 bits per heavy atom. The number of amides is 1. The maximum atomic E-state index is 12.8. The molecule has 0 unspecified atom stereocenters. The Morgan fingerprint density at radius 3 is 2.74 bits per heavy atom. The van der Waals surface area contributed by atoms with E-state index in [-0.39, 0.29) is 12.7 Å². The molecule has 0 N–H and O–H groups in total. The zero-order chi connectivity index (χ0) is 18.6. The van der Waals surface area contributed by atoms with E-state index in [1.165, 1.54) is 0 Å². The van der Waals surface area contributed by atoms with Crippen molar-refractivity contribution >= 4 is 5.91 Å². The molecule has 0 aliphatic carbocycles. The summed E-state index contributed by atoms with van der Waals surface area (Å²) in [5.41, 5.74) is 2.42. The van der Waals surface area contributed by atoms with Gasteiger partial charge in [0.25, 0.3) is 5.91 Å². The van der Waals surface area contributed by atoms with E-state index in [1.54, 1.807) is 15.8 Å². The molecule has 7 heteroatoms. The Bertz CT molecular complexity index is 939. The normalized spacial score (nSPS) is 12.2. The summed E-state index contributed by atoms with van der Waals surface area (Å²) < 4.78 is 12.4. The maximum Gasteiger partial charge on any atom is 0.276 e. The van der Waals surface area contributed by atoms with Crippen LogP contribution in [0.3, 0.4) is 0 Å². The molecule has 138 valence electrons. The van der Waals surface area contributed by atoms with Crippen molar-refractivity contribution in [2.75, 3.05) is 13.3 Å². The SMILES string of the molecule is CCN(Cc1ccc2c(c1)OCO2)C(=O)c1cn(Cc2ccccc2)nn1. The molecule has 1 aliphatic rings. The van der Waals surface area contributed by atoms with E-state index < -0.39 is 0 Å². The molecule has 4 rings (SSSR count). The maximum absolute atomic E-state index is 12.8. The molecule has 2 heterocycles. The van der Waals surface area contributed by atoms with Gasteiger partial charge in [-0.3, -0.25) is 4.79 Å².